The predicted octanol–water partition coefficient (Wildman–Crippen LogP) is 3.33. The molecule has 4 heteroatoms. The van der Waals surface area contributed by atoms with Crippen molar-refractivity contribution >= 4 is 17.2 Å². The van der Waals surface area contributed by atoms with Crippen molar-refractivity contribution in [3.8, 4) is 0 Å². The van der Waals surface area contributed by atoms with Gasteiger partial charge in [-0.05, 0) is 42.7 Å². The summed E-state index contributed by atoms with van der Waals surface area (Å²) in [7, 11) is 0. The Bertz CT molecular complexity index is 362. The van der Waals surface area contributed by atoms with Gasteiger partial charge in [0.1, 0.15) is 0 Å². The van der Waals surface area contributed by atoms with Gasteiger partial charge in [0.25, 0.3) is 0 Å². The average molecular weight is 282 g/mol. The second kappa shape index (κ2) is 8.33. The van der Waals surface area contributed by atoms with Crippen LogP contribution in [0.1, 0.15) is 51.0 Å². The van der Waals surface area contributed by atoms with Crippen LogP contribution >= 0.6 is 11.3 Å². The lowest BCUT2D eigenvalue weighted by Gasteiger charge is -2.21. The van der Waals surface area contributed by atoms with Gasteiger partial charge in [0.05, 0.1) is 6.04 Å². The summed E-state index contributed by atoms with van der Waals surface area (Å²) in [5, 5.41) is 5.21. The van der Waals surface area contributed by atoms with Crippen molar-refractivity contribution in [1.82, 2.24) is 5.32 Å². The normalized spacial score (nSPS) is 14.4. The molecular weight excluding hydrogens is 256 g/mol. The first-order chi connectivity index (χ1) is 9.04. The van der Waals surface area contributed by atoms with Gasteiger partial charge in [0.15, 0.2) is 0 Å². The van der Waals surface area contributed by atoms with Crippen LogP contribution in [0.5, 0.6) is 0 Å². The van der Waals surface area contributed by atoms with E-state index in [-0.39, 0.29) is 11.9 Å². The summed E-state index contributed by atoms with van der Waals surface area (Å²) >= 11 is 1.70. The Morgan fingerprint density at radius 1 is 1.37 bits per heavy atom. The molecule has 2 atom stereocenters. The highest BCUT2D eigenvalue weighted by Crippen LogP contribution is 2.26. The van der Waals surface area contributed by atoms with Crippen molar-refractivity contribution in [3.63, 3.8) is 0 Å². The highest BCUT2D eigenvalue weighted by Gasteiger charge is 2.19. The molecule has 1 amide bonds. The van der Waals surface area contributed by atoms with Crippen LogP contribution in [0.15, 0.2) is 17.5 Å². The van der Waals surface area contributed by atoms with E-state index in [4.69, 9.17) is 5.73 Å². The maximum Gasteiger partial charge on any atom is 0.220 e. The van der Waals surface area contributed by atoms with E-state index >= 15 is 0 Å². The van der Waals surface area contributed by atoms with Crippen LogP contribution in [-0.2, 0) is 4.79 Å². The van der Waals surface area contributed by atoms with Gasteiger partial charge in [0, 0.05) is 11.3 Å². The van der Waals surface area contributed by atoms with Gasteiger partial charge in [0.2, 0.25) is 5.91 Å². The molecule has 0 aliphatic heterocycles. The minimum absolute atomic E-state index is 0.136. The van der Waals surface area contributed by atoms with Crippen molar-refractivity contribution in [3.05, 3.63) is 22.4 Å². The van der Waals surface area contributed by atoms with Crippen LogP contribution in [0, 0.1) is 11.8 Å². The molecule has 2 unspecified atom stereocenters. The van der Waals surface area contributed by atoms with E-state index in [2.05, 4.69) is 37.5 Å². The first-order valence-corrected chi connectivity index (χ1v) is 7.95. The van der Waals surface area contributed by atoms with E-state index in [1.165, 1.54) is 4.88 Å². The first-order valence-electron chi connectivity index (χ1n) is 7.07. The Balaban J connectivity index is 2.45. The van der Waals surface area contributed by atoms with Crippen LogP contribution in [0.25, 0.3) is 0 Å². The maximum absolute atomic E-state index is 12.0. The quantitative estimate of drug-likeness (QED) is 0.768. The van der Waals surface area contributed by atoms with E-state index < -0.39 is 0 Å². The smallest absolute Gasteiger partial charge is 0.220 e. The highest BCUT2D eigenvalue weighted by atomic mass is 32.1. The summed E-state index contributed by atoms with van der Waals surface area (Å²) in [6, 6.07) is 4.26. The fourth-order valence-electron chi connectivity index (χ4n) is 2.09. The Labute approximate surface area is 120 Å². The van der Waals surface area contributed by atoms with Gasteiger partial charge in [-0.1, -0.05) is 26.8 Å². The number of hydrogen-bond donors (Lipinski definition) is 2. The van der Waals surface area contributed by atoms with Crippen LogP contribution in [0.4, 0.5) is 0 Å². The molecule has 108 valence electrons. The summed E-state index contributed by atoms with van der Waals surface area (Å²) < 4.78 is 0. The number of amides is 1. The van der Waals surface area contributed by atoms with Crippen LogP contribution in [0.2, 0.25) is 0 Å². The summed E-state index contributed by atoms with van der Waals surface area (Å²) in [4.78, 5) is 13.3. The van der Waals surface area contributed by atoms with E-state index in [1.54, 1.807) is 11.3 Å². The number of nitrogens with two attached hydrogens (primary N) is 1. The lowest BCUT2D eigenvalue weighted by atomic mass is 10.00. The Morgan fingerprint density at radius 2 is 2.11 bits per heavy atom. The lowest BCUT2D eigenvalue weighted by molar-refractivity contribution is -0.122. The topological polar surface area (TPSA) is 55.1 Å². The molecule has 0 spiro atoms. The summed E-state index contributed by atoms with van der Waals surface area (Å²) in [5.41, 5.74) is 5.52. The molecule has 0 fully saturated rings. The van der Waals surface area contributed by atoms with Gasteiger partial charge < -0.3 is 11.1 Å². The molecule has 0 saturated carbocycles. The summed E-state index contributed by atoms with van der Waals surface area (Å²) in [6.45, 7) is 7.13. The van der Waals surface area contributed by atoms with Gasteiger partial charge in [-0.2, -0.15) is 0 Å². The third kappa shape index (κ3) is 5.74. The zero-order valence-electron chi connectivity index (χ0n) is 12.2. The first kappa shape index (κ1) is 16.2. The number of carbonyl (C=O) groups is 1. The fourth-order valence-corrected chi connectivity index (χ4v) is 3.04. The molecule has 1 heterocycles. The predicted molar refractivity (Wildman–Crippen MR) is 82.1 cm³/mol. The molecule has 0 aliphatic carbocycles. The van der Waals surface area contributed by atoms with E-state index in [0.29, 0.717) is 24.8 Å². The number of carbonyl (C=O) groups excluding carboxylic acids is 1. The van der Waals surface area contributed by atoms with Crippen LogP contribution < -0.4 is 11.1 Å². The van der Waals surface area contributed by atoms with Crippen molar-refractivity contribution in [2.45, 2.75) is 46.1 Å². The molecule has 0 bridgehead atoms. The molecule has 3 nitrogen and oxygen atoms in total. The minimum Gasteiger partial charge on any atom is -0.348 e. The third-order valence-electron chi connectivity index (χ3n) is 3.36. The van der Waals surface area contributed by atoms with E-state index in [1.807, 2.05) is 6.07 Å². The monoisotopic (exact) mass is 282 g/mol. The van der Waals surface area contributed by atoms with Crippen LogP contribution in [-0.4, -0.2) is 12.5 Å². The Hall–Kier alpha value is -0.870. The maximum atomic E-state index is 12.0. The number of rotatable bonds is 8. The molecule has 0 aliphatic rings. The molecule has 0 saturated heterocycles. The van der Waals surface area contributed by atoms with Gasteiger partial charge in [-0.15, -0.1) is 11.3 Å². The molecule has 1 rings (SSSR count). The lowest BCUT2D eigenvalue weighted by Crippen LogP contribution is -2.31. The Morgan fingerprint density at radius 3 is 2.63 bits per heavy atom. The second-order valence-corrected chi connectivity index (χ2v) is 6.51. The molecule has 19 heavy (non-hydrogen) atoms. The molecule has 1 aromatic rings. The Kier molecular flexibility index (Phi) is 7.10. The van der Waals surface area contributed by atoms with E-state index in [0.717, 1.165) is 12.8 Å². The van der Waals surface area contributed by atoms with Gasteiger partial charge >= 0.3 is 0 Å². The molecule has 0 radical (unpaired) electrons. The zero-order chi connectivity index (χ0) is 14.3. The van der Waals surface area contributed by atoms with Gasteiger partial charge in [-0.25, -0.2) is 0 Å². The SMILES string of the molecule is CC(CCN)CCC(=O)NC(c1cccs1)C(C)C. The largest absolute Gasteiger partial charge is 0.348 e. The number of hydrogen-bond acceptors (Lipinski definition) is 3. The molecule has 3 N–H and O–H groups in total. The third-order valence-corrected chi connectivity index (χ3v) is 4.31. The molecular formula is C15H26N2OS. The number of thiophene rings is 1. The minimum atomic E-state index is 0.136. The van der Waals surface area contributed by atoms with Crippen molar-refractivity contribution in [1.29, 1.82) is 0 Å². The van der Waals surface area contributed by atoms with Crippen LogP contribution in [0.3, 0.4) is 0 Å². The summed E-state index contributed by atoms with van der Waals surface area (Å²) in [5.74, 6) is 1.08. The second-order valence-electron chi connectivity index (χ2n) is 5.53. The molecule has 1 aromatic heterocycles. The van der Waals surface area contributed by atoms with Crippen molar-refractivity contribution in [2.24, 2.45) is 17.6 Å². The van der Waals surface area contributed by atoms with E-state index in [9.17, 15) is 4.79 Å². The zero-order valence-corrected chi connectivity index (χ0v) is 13.0. The van der Waals surface area contributed by atoms with Crippen molar-refractivity contribution in [2.75, 3.05) is 6.54 Å². The standard InChI is InChI=1S/C15H26N2OS/c1-11(2)15(13-5-4-10-19-13)17-14(18)7-6-12(3)8-9-16/h4-5,10-12,15H,6-9,16H2,1-3H3,(H,17,18). The fraction of sp³-hybridized carbons (Fsp3) is 0.667. The summed E-state index contributed by atoms with van der Waals surface area (Å²) in [6.07, 6.45) is 2.50. The average Bonchev–Trinajstić information content (AvgIpc) is 2.87. The van der Waals surface area contributed by atoms with Gasteiger partial charge in [-0.3, -0.25) is 4.79 Å². The number of nitrogens with one attached hydrogen (secondary N) is 1. The highest BCUT2D eigenvalue weighted by molar-refractivity contribution is 7.10. The van der Waals surface area contributed by atoms with Crippen molar-refractivity contribution < 1.29 is 4.79 Å². The molecule has 0 aromatic carbocycles.